The monoisotopic (exact) mass is 403 g/mol. The molecule has 0 unspecified atom stereocenters. The Kier molecular flexibility index (Phi) is 4.13. The molecule has 0 aliphatic carbocycles. The first kappa shape index (κ1) is 18.1. The number of aromatic amines is 1. The summed E-state index contributed by atoms with van der Waals surface area (Å²) in [5, 5.41) is 5.81. The minimum atomic E-state index is -0.318. The second kappa shape index (κ2) is 6.84. The lowest BCUT2D eigenvalue weighted by molar-refractivity contribution is 0.418. The maximum Gasteiger partial charge on any atom is 0.291 e. The number of aromatic nitrogens is 5. The van der Waals surface area contributed by atoms with E-state index in [1.54, 1.807) is 31.8 Å². The van der Waals surface area contributed by atoms with E-state index in [1.807, 2.05) is 29.8 Å². The van der Waals surface area contributed by atoms with Crippen LogP contribution in [0.2, 0.25) is 0 Å². The normalized spacial score (nSPS) is 11.4. The van der Waals surface area contributed by atoms with E-state index in [0.29, 0.717) is 16.7 Å². The molecule has 0 radical (unpaired) electrons. The first-order valence-corrected chi connectivity index (χ1v) is 9.39. The number of hydrogen-bond donors (Lipinski definition) is 1. The minimum absolute atomic E-state index is 0.251. The Balaban J connectivity index is 1.68. The standard InChI is InChI=1S/C22H18FN5O2/c1-13-10-27(12-24-13)18-8-7-17-19(21(18)30-2)16-9-25-28(22(29)20(16)26-17)11-14-3-5-15(23)6-4-14/h3-10,12,26H,11H2,1-2H3. The van der Waals surface area contributed by atoms with E-state index < -0.39 is 0 Å². The van der Waals surface area contributed by atoms with Crippen molar-refractivity contribution in [1.82, 2.24) is 24.3 Å². The van der Waals surface area contributed by atoms with Crippen LogP contribution in [0.25, 0.3) is 27.5 Å². The van der Waals surface area contributed by atoms with E-state index in [1.165, 1.54) is 16.8 Å². The lowest BCUT2D eigenvalue weighted by Crippen LogP contribution is -2.23. The first-order valence-electron chi connectivity index (χ1n) is 9.39. The summed E-state index contributed by atoms with van der Waals surface area (Å²) in [7, 11) is 1.60. The minimum Gasteiger partial charge on any atom is -0.494 e. The van der Waals surface area contributed by atoms with Gasteiger partial charge in [0.15, 0.2) is 5.75 Å². The van der Waals surface area contributed by atoms with Gasteiger partial charge in [-0.15, -0.1) is 0 Å². The average molecular weight is 403 g/mol. The summed E-state index contributed by atoms with van der Waals surface area (Å²) in [6.45, 7) is 2.17. The van der Waals surface area contributed by atoms with Crippen LogP contribution in [0.15, 0.2) is 59.9 Å². The van der Waals surface area contributed by atoms with Crippen LogP contribution in [0.4, 0.5) is 4.39 Å². The van der Waals surface area contributed by atoms with Crippen LogP contribution in [0, 0.1) is 12.7 Å². The highest BCUT2D eigenvalue weighted by molar-refractivity contribution is 6.11. The average Bonchev–Trinajstić information content (AvgIpc) is 3.35. The Bertz CT molecular complexity index is 1450. The summed E-state index contributed by atoms with van der Waals surface area (Å²) in [5.41, 5.74) is 3.47. The zero-order valence-corrected chi connectivity index (χ0v) is 16.4. The van der Waals surface area contributed by atoms with Crippen LogP contribution in [0.5, 0.6) is 5.75 Å². The maximum atomic E-state index is 13.2. The van der Waals surface area contributed by atoms with Crippen LogP contribution in [0.1, 0.15) is 11.3 Å². The van der Waals surface area contributed by atoms with Gasteiger partial charge in [0, 0.05) is 11.6 Å². The summed E-state index contributed by atoms with van der Waals surface area (Å²) >= 11 is 0. The van der Waals surface area contributed by atoms with Crippen molar-refractivity contribution in [3.8, 4) is 11.4 Å². The molecular weight excluding hydrogens is 385 g/mol. The molecule has 0 saturated carbocycles. The van der Waals surface area contributed by atoms with Gasteiger partial charge in [-0.3, -0.25) is 4.79 Å². The zero-order chi connectivity index (χ0) is 20.8. The molecular formula is C22H18FN5O2. The summed E-state index contributed by atoms with van der Waals surface area (Å²) < 4.78 is 22.1. The molecule has 150 valence electrons. The number of nitrogens with one attached hydrogen (secondary N) is 1. The molecule has 5 aromatic rings. The molecule has 0 spiro atoms. The predicted octanol–water partition coefficient (Wildman–Crippen LogP) is 3.57. The number of nitrogens with zero attached hydrogens (tertiary/aromatic N) is 4. The smallest absolute Gasteiger partial charge is 0.291 e. The molecule has 5 rings (SSSR count). The Morgan fingerprint density at radius 1 is 1.17 bits per heavy atom. The molecule has 1 N–H and O–H groups in total. The topological polar surface area (TPSA) is 77.7 Å². The third-order valence-corrected chi connectivity index (χ3v) is 5.15. The van der Waals surface area contributed by atoms with Crippen LogP contribution in [-0.4, -0.2) is 31.4 Å². The number of hydrogen-bond acceptors (Lipinski definition) is 4. The lowest BCUT2D eigenvalue weighted by atomic mass is 10.1. The molecule has 0 aliphatic heterocycles. The molecule has 0 fully saturated rings. The van der Waals surface area contributed by atoms with Gasteiger partial charge in [0.05, 0.1) is 48.5 Å². The highest BCUT2D eigenvalue weighted by atomic mass is 19.1. The highest BCUT2D eigenvalue weighted by Crippen LogP contribution is 2.36. The summed E-state index contributed by atoms with van der Waals surface area (Å²) in [6.07, 6.45) is 5.29. The zero-order valence-electron chi connectivity index (χ0n) is 16.4. The lowest BCUT2D eigenvalue weighted by Gasteiger charge is -2.10. The largest absolute Gasteiger partial charge is 0.494 e. The van der Waals surface area contributed by atoms with Crippen molar-refractivity contribution in [3.63, 3.8) is 0 Å². The second-order valence-corrected chi connectivity index (χ2v) is 7.11. The summed E-state index contributed by atoms with van der Waals surface area (Å²) in [5.74, 6) is 0.315. The third-order valence-electron chi connectivity index (χ3n) is 5.15. The predicted molar refractivity (Wildman–Crippen MR) is 112 cm³/mol. The van der Waals surface area contributed by atoms with Crippen molar-refractivity contribution in [3.05, 3.63) is 82.5 Å². The molecule has 8 heteroatoms. The number of imidazole rings is 1. The summed E-state index contributed by atoms with van der Waals surface area (Å²) in [6, 6.07) is 9.84. The molecule has 7 nitrogen and oxygen atoms in total. The molecule has 30 heavy (non-hydrogen) atoms. The van der Waals surface area contributed by atoms with Gasteiger partial charge in [0.2, 0.25) is 0 Å². The number of ether oxygens (including phenoxy) is 1. The Morgan fingerprint density at radius 3 is 2.67 bits per heavy atom. The van der Waals surface area contributed by atoms with Crippen molar-refractivity contribution >= 4 is 21.8 Å². The fourth-order valence-corrected chi connectivity index (χ4v) is 3.72. The second-order valence-electron chi connectivity index (χ2n) is 7.11. The van der Waals surface area contributed by atoms with Crippen LogP contribution in [0.3, 0.4) is 0 Å². The number of benzene rings is 2. The fraction of sp³-hybridized carbons (Fsp3) is 0.136. The summed E-state index contributed by atoms with van der Waals surface area (Å²) in [4.78, 5) is 20.5. The number of aryl methyl sites for hydroxylation is 1. The van der Waals surface area contributed by atoms with Gasteiger partial charge in [0.25, 0.3) is 5.56 Å². The van der Waals surface area contributed by atoms with Crippen LogP contribution < -0.4 is 10.3 Å². The Morgan fingerprint density at radius 2 is 1.97 bits per heavy atom. The van der Waals surface area contributed by atoms with E-state index in [4.69, 9.17) is 4.74 Å². The molecule has 0 aliphatic rings. The maximum absolute atomic E-state index is 13.2. The van der Waals surface area contributed by atoms with E-state index >= 15 is 0 Å². The third kappa shape index (κ3) is 2.85. The van der Waals surface area contributed by atoms with Crippen LogP contribution in [-0.2, 0) is 6.54 Å². The molecule has 0 bridgehead atoms. The molecule has 0 atom stereocenters. The molecule has 3 aromatic heterocycles. The number of H-pyrrole nitrogens is 1. The van der Waals surface area contributed by atoms with Crippen molar-refractivity contribution < 1.29 is 9.13 Å². The SMILES string of the molecule is COc1c(-n2cnc(C)c2)ccc2[nH]c3c(=O)n(Cc4ccc(F)cc4)ncc3c12. The van der Waals surface area contributed by atoms with Gasteiger partial charge in [-0.25, -0.2) is 14.1 Å². The van der Waals surface area contributed by atoms with E-state index in [-0.39, 0.29) is 17.9 Å². The number of methoxy groups -OCH3 is 1. The van der Waals surface area contributed by atoms with Gasteiger partial charge in [-0.2, -0.15) is 5.10 Å². The molecule has 2 aromatic carbocycles. The number of rotatable bonds is 4. The quantitative estimate of drug-likeness (QED) is 0.498. The van der Waals surface area contributed by atoms with Gasteiger partial charge in [-0.05, 0) is 36.8 Å². The van der Waals surface area contributed by atoms with E-state index in [0.717, 1.165) is 27.8 Å². The highest BCUT2D eigenvalue weighted by Gasteiger charge is 2.18. The van der Waals surface area contributed by atoms with Gasteiger partial charge in [-0.1, -0.05) is 12.1 Å². The first-order chi connectivity index (χ1) is 14.5. The number of halogens is 1. The molecule has 3 heterocycles. The Labute approximate surface area is 170 Å². The van der Waals surface area contributed by atoms with Gasteiger partial charge < -0.3 is 14.3 Å². The van der Waals surface area contributed by atoms with E-state index in [2.05, 4.69) is 15.1 Å². The van der Waals surface area contributed by atoms with Crippen molar-refractivity contribution in [2.45, 2.75) is 13.5 Å². The van der Waals surface area contributed by atoms with Crippen LogP contribution >= 0.6 is 0 Å². The van der Waals surface area contributed by atoms with Crippen molar-refractivity contribution in [1.29, 1.82) is 0 Å². The van der Waals surface area contributed by atoms with Gasteiger partial charge >= 0.3 is 0 Å². The fourth-order valence-electron chi connectivity index (χ4n) is 3.72. The number of fused-ring (bicyclic) bond motifs is 3. The molecule has 0 amide bonds. The molecule has 0 saturated heterocycles. The Hall–Kier alpha value is -3.94. The van der Waals surface area contributed by atoms with E-state index in [9.17, 15) is 9.18 Å². The van der Waals surface area contributed by atoms with Crippen molar-refractivity contribution in [2.75, 3.05) is 7.11 Å². The van der Waals surface area contributed by atoms with Gasteiger partial charge in [0.1, 0.15) is 11.3 Å². The van der Waals surface area contributed by atoms with Crippen molar-refractivity contribution in [2.24, 2.45) is 0 Å².